The van der Waals surface area contributed by atoms with Gasteiger partial charge in [0.1, 0.15) is 5.00 Å². The molecule has 5 nitrogen and oxygen atoms in total. The van der Waals surface area contributed by atoms with Crippen molar-refractivity contribution in [2.45, 2.75) is 46.1 Å². The van der Waals surface area contributed by atoms with Crippen LogP contribution in [0.25, 0.3) is 0 Å². The standard InChI is InChI=1S/C15H22N2O3S/c1-4-20-15(19)13-8(2)9(3)21-14(13)17-12(18)7-11(16)10-5-6-10/h10-11H,4-7,16H2,1-3H3,(H,17,18). The summed E-state index contributed by atoms with van der Waals surface area (Å²) < 4.78 is 5.07. The van der Waals surface area contributed by atoms with Crippen LogP contribution in [-0.4, -0.2) is 24.5 Å². The Kier molecular flexibility index (Phi) is 5.00. The summed E-state index contributed by atoms with van der Waals surface area (Å²) in [4.78, 5) is 25.1. The number of aryl methyl sites for hydroxylation is 1. The zero-order valence-corrected chi connectivity index (χ0v) is 13.5. The molecular weight excluding hydrogens is 288 g/mol. The minimum absolute atomic E-state index is 0.0850. The fourth-order valence-electron chi connectivity index (χ4n) is 2.25. The highest BCUT2D eigenvalue weighted by atomic mass is 32.1. The molecule has 1 aromatic heterocycles. The summed E-state index contributed by atoms with van der Waals surface area (Å²) in [6.07, 6.45) is 2.52. The van der Waals surface area contributed by atoms with Crippen LogP contribution in [0.1, 0.15) is 47.0 Å². The van der Waals surface area contributed by atoms with Crippen LogP contribution < -0.4 is 11.1 Å². The van der Waals surface area contributed by atoms with Crippen molar-refractivity contribution < 1.29 is 14.3 Å². The molecule has 1 aromatic rings. The van der Waals surface area contributed by atoms with E-state index in [-0.39, 0.29) is 17.9 Å². The third kappa shape index (κ3) is 3.83. The Hall–Kier alpha value is -1.40. The first-order valence-corrected chi connectivity index (χ1v) is 8.08. The van der Waals surface area contributed by atoms with Crippen LogP contribution in [0, 0.1) is 19.8 Å². The predicted molar refractivity (Wildman–Crippen MR) is 83.7 cm³/mol. The third-order valence-corrected chi connectivity index (χ3v) is 4.89. The first-order valence-electron chi connectivity index (χ1n) is 7.26. The maximum atomic E-state index is 12.1. The second kappa shape index (κ2) is 6.58. The van der Waals surface area contributed by atoms with E-state index in [2.05, 4.69) is 5.32 Å². The van der Waals surface area contributed by atoms with Crippen LogP contribution in [0.2, 0.25) is 0 Å². The van der Waals surface area contributed by atoms with Crippen molar-refractivity contribution in [3.05, 3.63) is 16.0 Å². The lowest BCUT2D eigenvalue weighted by atomic mass is 10.1. The van der Waals surface area contributed by atoms with E-state index in [4.69, 9.17) is 10.5 Å². The number of esters is 1. The van der Waals surface area contributed by atoms with E-state index in [1.807, 2.05) is 13.8 Å². The Labute approximate surface area is 128 Å². The van der Waals surface area contributed by atoms with Crippen molar-refractivity contribution in [2.24, 2.45) is 11.7 Å². The second-order valence-electron chi connectivity index (χ2n) is 5.46. The Morgan fingerprint density at radius 1 is 1.43 bits per heavy atom. The Bertz CT molecular complexity index is 549. The summed E-state index contributed by atoms with van der Waals surface area (Å²) in [5.74, 6) is -0.0468. The number of nitrogens with one attached hydrogen (secondary N) is 1. The molecule has 1 fully saturated rings. The van der Waals surface area contributed by atoms with Crippen molar-refractivity contribution >= 4 is 28.2 Å². The van der Waals surface area contributed by atoms with Crippen LogP contribution in [-0.2, 0) is 9.53 Å². The Morgan fingerprint density at radius 3 is 2.67 bits per heavy atom. The molecule has 0 aliphatic heterocycles. The quantitative estimate of drug-likeness (QED) is 0.791. The minimum atomic E-state index is -0.388. The highest BCUT2D eigenvalue weighted by Gasteiger charge is 2.30. The normalized spacial score (nSPS) is 15.6. The molecule has 1 amide bonds. The first-order chi connectivity index (χ1) is 9.93. The molecule has 21 heavy (non-hydrogen) atoms. The number of amides is 1. The van der Waals surface area contributed by atoms with Crippen molar-refractivity contribution in [1.82, 2.24) is 0 Å². The van der Waals surface area contributed by atoms with Crippen LogP contribution >= 0.6 is 11.3 Å². The van der Waals surface area contributed by atoms with Crippen molar-refractivity contribution in [2.75, 3.05) is 11.9 Å². The molecule has 1 saturated carbocycles. The Balaban J connectivity index is 2.09. The van der Waals surface area contributed by atoms with E-state index in [1.54, 1.807) is 6.92 Å². The third-order valence-electron chi connectivity index (χ3n) is 3.77. The lowest BCUT2D eigenvalue weighted by Crippen LogP contribution is -2.29. The molecule has 116 valence electrons. The van der Waals surface area contributed by atoms with E-state index in [0.717, 1.165) is 23.3 Å². The van der Waals surface area contributed by atoms with Gasteiger partial charge in [0.15, 0.2) is 0 Å². The molecule has 2 rings (SSSR count). The van der Waals surface area contributed by atoms with Crippen LogP contribution in [0.15, 0.2) is 0 Å². The van der Waals surface area contributed by atoms with Gasteiger partial charge >= 0.3 is 5.97 Å². The zero-order valence-electron chi connectivity index (χ0n) is 12.7. The van der Waals surface area contributed by atoms with Gasteiger partial charge in [-0.05, 0) is 45.1 Å². The molecule has 1 unspecified atom stereocenters. The lowest BCUT2D eigenvalue weighted by molar-refractivity contribution is -0.116. The van der Waals surface area contributed by atoms with Gasteiger partial charge in [0, 0.05) is 17.3 Å². The van der Waals surface area contributed by atoms with Gasteiger partial charge in [0.05, 0.1) is 12.2 Å². The highest BCUT2D eigenvalue weighted by molar-refractivity contribution is 7.16. The van der Waals surface area contributed by atoms with Crippen LogP contribution in [0.3, 0.4) is 0 Å². The number of carbonyl (C=O) groups is 2. The van der Waals surface area contributed by atoms with E-state index < -0.39 is 0 Å². The van der Waals surface area contributed by atoms with Gasteiger partial charge in [-0.15, -0.1) is 11.3 Å². The fourth-order valence-corrected chi connectivity index (χ4v) is 3.31. The summed E-state index contributed by atoms with van der Waals surface area (Å²) >= 11 is 1.40. The Morgan fingerprint density at radius 2 is 2.10 bits per heavy atom. The number of hydrogen-bond acceptors (Lipinski definition) is 5. The monoisotopic (exact) mass is 310 g/mol. The molecule has 0 saturated heterocycles. The average Bonchev–Trinajstić information content (AvgIpc) is 3.19. The number of carbonyl (C=O) groups excluding carboxylic acids is 2. The topological polar surface area (TPSA) is 81.4 Å². The smallest absolute Gasteiger partial charge is 0.341 e. The van der Waals surface area contributed by atoms with Crippen molar-refractivity contribution in [3.8, 4) is 0 Å². The number of hydrogen-bond donors (Lipinski definition) is 2. The summed E-state index contributed by atoms with van der Waals surface area (Å²) in [6.45, 7) is 5.87. The van der Waals surface area contributed by atoms with E-state index >= 15 is 0 Å². The summed E-state index contributed by atoms with van der Waals surface area (Å²) in [5, 5.41) is 3.39. The average molecular weight is 310 g/mol. The molecule has 1 aliphatic carbocycles. The zero-order chi connectivity index (χ0) is 15.6. The van der Waals surface area contributed by atoms with Crippen LogP contribution in [0.5, 0.6) is 0 Å². The lowest BCUT2D eigenvalue weighted by Gasteiger charge is -2.11. The molecule has 0 bridgehead atoms. The van der Waals surface area contributed by atoms with Gasteiger partial charge < -0.3 is 15.8 Å². The number of rotatable bonds is 6. The van der Waals surface area contributed by atoms with Crippen molar-refractivity contribution in [1.29, 1.82) is 0 Å². The fraction of sp³-hybridized carbons (Fsp3) is 0.600. The van der Waals surface area contributed by atoms with E-state index in [1.165, 1.54) is 11.3 Å². The SMILES string of the molecule is CCOC(=O)c1c(NC(=O)CC(N)C2CC2)sc(C)c1C. The van der Waals surface area contributed by atoms with E-state index in [9.17, 15) is 9.59 Å². The number of ether oxygens (including phenoxy) is 1. The number of anilines is 1. The maximum Gasteiger partial charge on any atom is 0.341 e. The predicted octanol–water partition coefficient (Wildman–Crippen LogP) is 2.61. The highest BCUT2D eigenvalue weighted by Crippen LogP contribution is 2.35. The van der Waals surface area contributed by atoms with E-state index in [0.29, 0.717) is 29.5 Å². The van der Waals surface area contributed by atoms with Crippen LogP contribution in [0.4, 0.5) is 5.00 Å². The molecule has 1 atom stereocenters. The molecule has 1 aliphatic rings. The summed E-state index contributed by atoms with van der Waals surface area (Å²) in [6, 6.07) is -0.0850. The van der Waals surface area contributed by atoms with Gasteiger partial charge in [-0.1, -0.05) is 0 Å². The first kappa shape index (κ1) is 16.0. The van der Waals surface area contributed by atoms with Gasteiger partial charge in [0.2, 0.25) is 5.91 Å². The van der Waals surface area contributed by atoms with Gasteiger partial charge in [0.25, 0.3) is 0 Å². The molecule has 1 heterocycles. The molecular formula is C15H22N2O3S. The molecule has 0 spiro atoms. The second-order valence-corrected chi connectivity index (χ2v) is 6.69. The van der Waals surface area contributed by atoms with Gasteiger partial charge in [-0.25, -0.2) is 4.79 Å². The molecule has 6 heteroatoms. The number of thiophene rings is 1. The van der Waals surface area contributed by atoms with Gasteiger partial charge in [-0.3, -0.25) is 4.79 Å². The largest absolute Gasteiger partial charge is 0.462 e. The maximum absolute atomic E-state index is 12.1. The molecule has 0 radical (unpaired) electrons. The minimum Gasteiger partial charge on any atom is -0.462 e. The molecule has 3 N–H and O–H groups in total. The van der Waals surface area contributed by atoms with Crippen molar-refractivity contribution in [3.63, 3.8) is 0 Å². The molecule has 0 aromatic carbocycles. The van der Waals surface area contributed by atoms with Gasteiger partial charge in [-0.2, -0.15) is 0 Å². The summed E-state index contributed by atoms with van der Waals surface area (Å²) in [7, 11) is 0. The number of nitrogens with two attached hydrogens (primary N) is 1. The summed E-state index contributed by atoms with van der Waals surface area (Å²) in [5.41, 5.74) is 7.29.